The molecule has 0 saturated carbocycles. The molecular weight excluding hydrogens is 354 g/mol. The van der Waals surface area contributed by atoms with E-state index in [1.54, 1.807) is 18.6 Å². The van der Waals surface area contributed by atoms with E-state index in [4.69, 9.17) is 0 Å². The maximum Gasteiger partial charge on any atom is 0.239 e. The van der Waals surface area contributed by atoms with Gasteiger partial charge in [-0.3, -0.25) is 24.4 Å². The van der Waals surface area contributed by atoms with Crippen molar-refractivity contribution in [2.24, 2.45) is 0 Å². The van der Waals surface area contributed by atoms with Crippen molar-refractivity contribution in [3.8, 4) is 0 Å². The van der Waals surface area contributed by atoms with Crippen LogP contribution in [0.15, 0.2) is 24.8 Å². The molecule has 2 aromatic heterocycles. The van der Waals surface area contributed by atoms with Crippen LogP contribution in [0.25, 0.3) is 0 Å². The first-order chi connectivity index (χ1) is 12.6. The van der Waals surface area contributed by atoms with Gasteiger partial charge >= 0.3 is 0 Å². The van der Waals surface area contributed by atoms with Gasteiger partial charge in [0.2, 0.25) is 11.8 Å². The number of carbonyl (C=O) groups is 2. The van der Waals surface area contributed by atoms with Gasteiger partial charge < -0.3 is 10.6 Å². The summed E-state index contributed by atoms with van der Waals surface area (Å²) in [5, 5.41) is 6.08. The van der Waals surface area contributed by atoms with Gasteiger partial charge in [0.15, 0.2) is 10.9 Å². The summed E-state index contributed by atoms with van der Waals surface area (Å²) < 4.78 is 0. The number of carbonyl (C=O) groups excluding carboxylic acids is 2. The van der Waals surface area contributed by atoms with Gasteiger partial charge in [-0.1, -0.05) is 0 Å². The Morgan fingerprint density at radius 3 is 2.54 bits per heavy atom. The summed E-state index contributed by atoms with van der Waals surface area (Å²) in [4.78, 5) is 40.8. The molecule has 3 rings (SSSR count). The third-order valence-electron chi connectivity index (χ3n) is 3.88. The summed E-state index contributed by atoms with van der Waals surface area (Å²) in [5.41, 5.74) is 0. The van der Waals surface area contributed by atoms with Gasteiger partial charge in [-0.2, -0.15) is 0 Å². The number of rotatable bonds is 6. The van der Waals surface area contributed by atoms with Crippen LogP contribution >= 0.6 is 11.3 Å². The lowest BCUT2D eigenvalue weighted by Crippen LogP contribution is -2.48. The fourth-order valence-corrected chi connectivity index (χ4v) is 3.57. The van der Waals surface area contributed by atoms with Crippen molar-refractivity contribution in [1.82, 2.24) is 24.8 Å². The molecule has 2 aromatic rings. The molecule has 138 valence electrons. The number of aromatic nitrogens is 3. The third kappa shape index (κ3) is 5.55. The Kier molecular flexibility index (Phi) is 6.21. The van der Waals surface area contributed by atoms with E-state index < -0.39 is 0 Å². The number of hydrogen-bond donors (Lipinski definition) is 2. The maximum atomic E-state index is 12.1. The zero-order chi connectivity index (χ0) is 18.4. The van der Waals surface area contributed by atoms with Gasteiger partial charge in [-0.25, -0.2) is 9.97 Å². The van der Waals surface area contributed by atoms with Gasteiger partial charge in [-0.05, 0) is 0 Å². The molecule has 0 spiro atoms. The monoisotopic (exact) mass is 375 g/mol. The van der Waals surface area contributed by atoms with Crippen LogP contribution in [-0.2, 0) is 16.1 Å². The van der Waals surface area contributed by atoms with Crippen LogP contribution in [0.5, 0.6) is 0 Å². The highest BCUT2D eigenvalue weighted by atomic mass is 32.1. The Bertz CT molecular complexity index is 744. The predicted octanol–water partition coefficient (Wildman–Crippen LogP) is 0.648. The molecule has 3 heterocycles. The van der Waals surface area contributed by atoms with Crippen molar-refractivity contribution in [3.63, 3.8) is 0 Å². The minimum absolute atomic E-state index is 0.0821. The number of amides is 2. The molecule has 2 amide bonds. The van der Waals surface area contributed by atoms with Gasteiger partial charge in [0.05, 0.1) is 12.7 Å². The molecule has 1 saturated heterocycles. The van der Waals surface area contributed by atoms with Crippen molar-refractivity contribution in [2.75, 3.05) is 43.4 Å². The van der Waals surface area contributed by atoms with E-state index in [1.165, 1.54) is 24.5 Å². The largest absolute Gasteiger partial charge is 0.308 e. The molecule has 1 fully saturated rings. The first-order valence-electron chi connectivity index (χ1n) is 8.31. The van der Waals surface area contributed by atoms with Gasteiger partial charge in [-0.15, -0.1) is 11.3 Å². The summed E-state index contributed by atoms with van der Waals surface area (Å²) in [5.74, 6) is 0.275. The van der Waals surface area contributed by atoms with E-state index in [0.717, 1.165) is 37.6 Å². The standard InChI is InChI=1S/C16H21N7O2S/c1-12(24)20-16-19-8-13(26-16)10-22-4-6-23(7-5-22)11-15(25)21-14-9-17-2-3-18-14/h2-3,8-9H,4-7,10-11H2,1H3,(H,18,21,25)(H,19,20,24). The van der Waals surface area contributed by atoms with E-state index in [1.807, 2.05) is 0 Å². The molecule has 0 aliphatic carbocycles. The quantitative estimate of drug-likeness (QED) is 0.764. The normalized spacial score (nSPS) is 15.6. The molecule has 9 nitrogen and oxygen atoms in total. The first kappa shape index (κ1) is 18.4. The van der Waals surface area contributed by atoms with Crippen LogP contribution in [0, 0.1) is 0 Å². The molecule has 26 heavy (non-hydrogen) atoms. The van der Waals surface area contributed by atoms with Gasteiger partial charge in [0.25, 0.3) is 0 Å². The SMILES string of the molecule is CC(=O)Nc1ncc(CN2CCN(CC(=O)Nc3cnccn3)CC2)s1. The van der Waals surface area contributed by atoms with E-state index in [2.05, 4.69) is 35.4 Å². The third-order valence-corrected chi connectivity index (χ3v) is 4.78. The summed E-state index contributed by atoms with van der Waals surface area (Å²) in [6.07, 6.45) is 6.44. The second-order valence-corrected chi connectivity index (χ2v) is 7.12. The lowest BCUT2D eigenvalue weighted by atomic mass is 10.3. The summed E-state index contributed by atoms with van der Waals surface area (Å²) in [6.45, 7) is 6.03. The molecule has 0 radical (unpaired) electrons. The summed E-state index contributed by atoms with van der Waals surface area (Å²) >= 11 is 1.49. The average Bonchev–Trinajstić information content (AvgIpc) is 3.03. The number of piperazine rings is 1. The molecule has 10 heteroatoms. The number of thiazole rings is 1. The molecule has 1 aliphatic rings. The highest BCUT2D eigenvalue weighted by Crippen LogP contribution is 2.20. The lowest BCUT2D eigenvalue weighted by molar-refractivity contribution is -0.118. The van der Waals surface area contributed by atoms with Crippen LogP contribution in [0.1, 0.15) is 11.8 Å². The van der Waals surface area contributed by atoms with Crippen molar-refractivity contribution in [3.05, 3.63) is 29.7 Å². The Morgan fingerprint density at radius 1 is 1.08 bits per heavy atom. The van der Waals surface area contributed by atoms with Gasteiger partial charge in [0.1, 0.15) is 0 Å². The van der Waals surface area contributed by atoms with E-state index in [0.29, 0.717) is 17.5 Å². The second-order valence-electron chi connectivity index (χ2n) is 6.00. The number of anilines is 2. The topological polar surface area (TPSA) is 103 Å². The molecule has 0 atom stereocenters. The second kappa shape index (κ2) is 8.79. The van der Waals surface area contributed by atoms with Crippen molar-refractivity contribution in [1.29, 1.82) is 0 Å². The number of hydrogen-bond acceptors (Lipinski definition) is 8. The van der Waals surface area contributed by atoms with Crippen molar-refractivity contribution < 1.29 is 9.59 Å². The Labute approximate surface area is 155 Å². The molecule has 0 unspecified atom stereocenters. The smallest absolute Gasteiger partial charge is 0.239 e. The Hall–Kier alpha value is -2.43. The fourth-order valence-electron chi connectivity index (χ4n) is 2.66. The number of nitrogens with one attached hydrogen (secondary N) is 2. The van der Waals surface area contributed by atoms with Crippen molar-refractivity contribution in [2.45, 2.75) is 13.5 Å². The molecule has 0 aromatic carbocycles. The minimum Gasteiger partial charge on any atom is -0.308 e. The molecule has 2 N–H and O–H groups in total. The van der Waals surface area contributed by atoms with Gasteiger partial charge in [0, 0.05) is 63.1 Å². The molecular formula is C16H21N7O2S. The Balaban J connectivity index is 1.40. The lowest BCUT2D eigenvalue weighted by Gasteiger charge is -2.33. The summed E-state index contributed by atoms with van der Waals surface area (Å²) in [7, 11) is 0. The first-order valence-corrected chi connectivity index (χ1v) is 9.13. The van der Waals surface area contributed by atoms with Crippen LogP contribution in [-0.4, -0.2) is 69.3 Å². The maximum absolute atomic E-state index is 12.1. The predicted molar refractivity (Wildman–Crippen MR) is 98.8 cm³/mol. The zero-order valence-corrected chi connectivity index (χ0v) is 15.3. The van der Waals surface area contributed by atoms with Crippen LogP contribution < -0.4 is 10.6 Å². The summed E-state index contributed by atoms with van der Waals surface area (Å²) in [6, 6.07) is 0. The van der Waals surface area contributed by atoms with E-state index in [-0.39, 0.29) is 11.8 Å². The van der Waals surface area contributed by atoms with Crippen molar-refractivity contribution >= 4 is 34.1 Å². The molecule has 0 bridgehead atoms. The fraction of sp³-hybridized carbons (Fsp3) is 0.438. The minimum atomic E-state index is -0.112. The Morgan fingerprint density at radius 2 is 1.85 bits per heavy atom. The highest BCUT2D eigenvalue weighted by Gasteiger charge is 2.20. The van der Waals surface area contributed by atoms with Crippen LogP contribution in [0.2, 0.25) is 0 Å². The number of nitrogens with zero attached hydrogens (tertiary/aromatic N) is 5. The average molecular weight is 375 g/mol. The molecule has 1 aliphatic heterocycles. The van der Waals surface area contributed by atoms with E-state index >= 15 is 0 Å². The van der Waals surface area contributed by atoms with Crippen LogP contribution in [0.4, 0.5) is 10.9 Å². The van der Waals surface area contributed by atoms with E-state index in [9.17, 15) is 9.59 Å². The zero-order valence-electron chi connectivity index (χ0n) is 14.5. The van der Waals surface area contributed by atoms with Crippen LogP contribution in [0.3, 0.4) is 0 Å². The highest BCUT2D eigenvalue weighted by molar-refractivity contribution is 7.15.